The zero-order chi connectivity index (χ0) is 15.0. The molecule has 1 aromatic rings. The van der Waals surface area contributed by atoms with Gasteiger partial charge in [-0.3, -0.25) is 9.59 Å². The minimum absolute atomic E-state index is 0.140. The van der Waals surface area contributed by atoms with Crippen molar-refractivity contribution in [3.8, 4) is 0 Å². The van der Waals surface area contributed by atoms with Crippen molar-refractivity contribution in [1.29, 1.82) is 0 Å². The van der Waals surface area contributed by atoms with E-state index in [1.807, 2.05) is 13.0 Å². The second kappa shape index (κ2) is 3.97. The summed E-state index contributed by atoms with van der Waals surface area (Å²) in [6.45, 7) is 1.84. The molecular formula is C17H16N2O3. The number of nitrogens with zero attached hydrogens (tertiary/aromatic N) is 2. The standard InChI is InChI=1S/C17H16N2O3/c1-8-2-3-9(22-8)7-18-19-16(20)14-10-4-5-11(13-6-12(10)13)15(14)17(19)21/h2-5,7,10-15H,6H2,1H3/b18-7-/t10-,11-,12-,13+,14-,15+/m1/s1. The van der Waals surface area contributed by atoms with Gasteiger partial charge in [-0.25, -0.2) is 0 Å². The van der Waals surface area contributed by atoms with E-state index in [0.29, 0.717) is 17.6 Å². The molecule has 0 spiro atoms. The molecule has 112 valence electrons. The minimum atomic E-state index is -0.193. The monoisotopic (exact) mass is 296 g/mol. The highest BCUT2D eigenvalue weighted by molar-refractivity contribution is 6.06. The highest BCUT2D eigenvalue weighted by atomic mass is 16.3. The summed E-state index contributed by atoms with van der Waals surface area (Å²) >= 11 is 0. The zero-order valence-corrected chi connectivity index (χ0v) is 12.2. The Morgan fingerprint density at radius 3 is 2.32 bits per heavy atom. The molecular weight excluding hydrogens is 280 g/mol. The van der Waals surface area contributed by atoms with Crippen LogP contribution in [0, 0.1) is 42.4 Å². The summed E-state index contributed by atoms with van der Waals surface area (Å²) in [4.78, 5) is 25.3. The van der Waals surface area contributed by atoms with Crippen LogP contribution < -0.4 is 0 Å². The number of hydrazone groups is 1. The van der Waals surface area contributed by atoms with Gasteiger partial charge in [0.1, 0.15) is 11.5 Å². The van der Waals surface area contributed by atoms with Crippen molar-refractivity contribution >= 4 is 18.0 Å². The molecule has 4 aliphatic carbocycles. The maximum absolute atomic E-state index is 12.7. The largest absolute Gasteiger partial charge is 0.460 e. The van der Waals surface area contributed by atoms with E-state index in [2.05, 4.69) is 17.3 Å². The smallest absolute Gasteiger partial charge is 0.254 e. The lowest BCUT2D eigenvalue weighted by Gasteiger charge is -2.37. The van der Waals surface area contributed by atoms with E-state index in [-0.39, 0.29) is 35.5 Å². The fourth-order valence-electron chi connectivity index (χ4n) is 4.69. The Balaban J connectivity index is 1.46. The maximum atomic E-state index is 12.7. The van der Waals surface area contributed by atoms with Crippen LogP contribution in [0.25, 0.3) is 0 Å². The first-order chi connectivity index (χ1) is 10.6. The van der Waals surface area contributed by atoms with Crippen LogP contribution in [-0.2, 0) is 9.59 Å². The second-order valence-corrected chi connectivity index (χ2v) is 6.84. The van der Waals surface area contributed by atoms with Gasteiger partial charge in [-0.05, 0) is 49.1 Å². The quantitative estimate of drug-likeness (QED) is 0.476. The molecule has 1 aromatic heterocycles. The fourth-order valence-corrected chi connectivity index (χ4v) is 4.69. The molecule has 1 saturated heterocycles. The van der Waals surface area contributed by atoms with Gasteiger partial charge in [0.05, 0.1) is 18.1 Å². The van der Waals surface area contributed by atoms with Crippen LogP contribution in [0.5, 0.6) is 0 Å². The molecule has 2 heterocycles. The zero-order valence-electron chi connectivity index (χ0n) is 12.2. The number of carbonyl (C=O) groups excluding carboxylic acids is 2. The Labute approximate surface area is 127 Å². The van der Waals surface area contributed by atoms with Gasteiger partial charge in [0.15, 0.2) is 0 Å². The number of aryl methyl sites for hydroxylation is 1. The predicted octanol–water partition coefficient (Wildman–Crippen LogP) is 1.98. The molecule has 0 N–H and O–H groups in total. The summed E-state index contributed by atoms with van der Waals surface area (Å²) < 4.78 is 5.40. The number of rotatable bonds is 2. The Morgan fingerprint density at radius 1 is 1.14 bits per heavy atom. The Hall–Kier alpha value is -2.17. The van der Waals surface area contributed by atoms with Crippen molar-refractivity contribution in [2.24, 2.45) is 40.6 Å². The molecule has 6 atom stereocenters. The van der Waals surface area contributed by atoms with Gasteiger partial charge >= 0.3 is 0 Å². The van der Waals surface area contributed by atoms with E-state index in [1.54, 1.807) is 6.07 Å². The van der Waals surface area contributed by atoms with Crippen LogP contribution in [-0.4, -0.2) is 23.0 Å². The van der Waals surface area contributed by atoms with Crippen molar-refractivity contribution in [3.63, 3.8) is 0 Å². The van der Waals surface area contributed by atoms with Gasteiger partial charge in [0, 0.05) is 0 Å². The summed E-state index contributed by atoms with van der Waals surface area (Å²) in [6.07, 6.45) is 6.95. The molecule has 5 aliphatic rings. The van der Waals surface area contributed by atoms with Crippen molar-refractivity contribution in [2.45, 2.75) is 13.3 Å². The highest BCUT2D eigenvalue weighted by Gasteiger charge is 2.67. The van der Waals surface area contributed by atoms with E-state index in [9.17, 15) is 9.59 Å². The molecule has 0 radical (unpaired) electrons. The average Bonchev–Trinajstić information content (AvgIpc) is 3.19. The van der Waals surface area contributed by atoms with E-state index in [4.69, 9.17) is 4.42 Å². The van der Waals surface area contributed by atoms with Gasteiger partial charge in [0.2, 0.25) is 0 Å². The van der Waals surface area contributed by atoms with E-state index < -0.39 is 0 Å². The number of imide groups is 1. The molecule has 5 heteroatoms. The Kier molecular flexibility index (Phi) is 2.23. The summed E-state index contributed by atoms with van der Waals surface area (Å²) in [7, 11) is 0. The van der Waals surface area contributed by atoms with Gasteiger partial charge in [-0.1, -0.05) is 12.2 Å². The first kappa shape index (κ1) is 12.4. The predicted molar refractivity (Wildman–Crippen MR) is 77.6 cm³/mol. The number of amides is 2. The topological polar surface area (TPSA) is 62.9 Å². The van der Waals surface area contributed by atoms with Gasteiger partial charge in [-0.2, -0.15) is 10.1 Å². The van der Waals surface area contributed by atoms with E-state index >= 15 is 0 Å². The third-order valence-corrected chi connectivity index (χ3v) is 5.70. The highest BCUT2D eigenvalue weighted by Crippen LogP contribution is 2.65. The van der Waals surface area contributed by atoms with Gasteiger partial charge in [-0.15, -0.1) is 0 Å². The number of furan rings is 1. The van der Waals surface area contributed by atoms with Crippen molar-refractivity contribution in [3.05, 3.63) is 35.8 Å². The van der Waals surface area contributed by atoms with Crippen LogP contribution in [0.15, 0.2) is 33.8 Å². The first-order valence-electron chi connectivity index (χ1n) is 7.82. The lowest BCUT2D eigenvalue weighted by Crippen LogP contribution is -2.40. The van der Waals surface area contributed by atoms with E-state index in [0.717, 1.165) is 10.8 Å². The van der Waals surface area contributed by atoms with Crippen molar-refractivity contribution < 1.29 is 14.0 Å². The molecule has 0 aromatic carbocycles. The SMILES string of the molecule is Cc1ccc(/C=N\N2C(=O)[C@@H]3[C@@H]4C=C[C@H]([C@@H]5C[C@H]45)[C@@H]3C2=O)o1. The molecule has 5 nitrogen and oxygen atoms in total. The summed E-state index contributed by atoms with van der Waals surface area (Å²) in [6, 6.07) is 3.60. The molecule has 22 heavy (non-hydrogen) atoms. The minimum Gasteiger partial charge on any atom is -0.460 e. The van der Waals surface area contributed by atoms with Gasteiger partial charge < -0.3 is 4.42 Å². The molecule has 2 amide bonds. The summed E-state index contributed by atoms with van der Waals surface area (Å²) in [5.74, 6) is 2.37. The third-order valence-electron chi connectivity index (χ3n) is 5.70. The lowest BCUT2D eigenvalue weighted by atomic mass is 9.63. The number of hydrogen-bond donors (Lipinski definition) is 0. The van der Waals surface area contributed by atoms with Crippen LogP contribution in [0.3, 0.4) is 0 Å². The number of carbonyl (C=O) groups is 2. The molecule has 1 aliphatic heterocycles. The molecule has 2 saturated carbocycles. The van der Waals surface area contributed by atoms with E-state index in [1.165, 1.54) is 12.6 Å². The first-order valence-corrected chi connectivity index (χ1v) is 7.82. The normalized spacial score (nSPS) is 41.4. The Bertz CT molecular complexity index is 711. The van der Waals surface area contributed by atoms with Crippen molar-refractivity contribution in [1.82, 2.24) is 5.01 Å². The number of hydrogen-bond acceptors (Lipinski definition) is 4. The number of allylic oxidation sites excluding steroid dienone is 2. The molecule has 0 unspecified atom stereocenters. The summed E-state index contributed by atoms with van der Waals surface area (Å²) in [5.41, 5.74) is 0. The third kappa shape index (κ3) is 1.46. The molecule has 6 rings (SSSR count). The average molecular weight is 296 g/mol. The fraction of sp³-hybridized carbons (Fsp3) is 0.471. The van der Waals surface area contributed by atoms with Crippen LogP contribution in [0.1, 0.15) is 17.9 Å². The Morgan fingerprint density at radius 2 is 1.77 bits per heavy atom. The lowest BCUT2D eigenvalue weighted by molar-refractivity contribution is -0.140. The molecule has 2 bridgehead atoms. The molecule has 3 fully saturated rings. The van der Waals surface area contributed by atoms with Crippen LogP contribution >= 0.6 is 0 Å². The second-order valence-electron chi connectivity index (χ2n) is 6.84. The van der Waals surface area contributed by atoms with Gasteiger partial charge in [0.25, 0.3) is 11.8 Å². The maximum Gasteiger partial charge on any atom is 0.254 e. The van der Waals surface area contributed by atoms with Crippen molar-refractivity contribution in [2.75, 3.05) is 0 Å². The van der Waals surface area contributed by atoms with Crippen LogP contribution in [0.2, 0.25) is 0 Å². The summed E-state index contributed by atoms with van der Waals surface area (Å²) in [5, 5.41) is 5.19. The van der Waals surface area contributed by atoms with Crippen LogP contribution in [0.4, 0.5) is 0 Å².